The third-order valence-electron chi connectivity index (χ3n) is 2.96. The van der Waals surface area contributed by atoms with Gasteiger partial charge < -0.3 is 15.2 Å². The lowest BCUT2D eigenvalue weighted by Crippen LogP contribution is -2.16. The van der Waals surface area contributed by atoms with Gasteiger partial charge in [0.15, 0.2) is 0 Å². The summed E-state index contributed by atoms with van der Waals surface area (Å²) >= 11 is 0. The molecule has 0 aromatic heterocycles. The summed E-state index contributed by atoms with van der Waals surface area (Å²) in [7, 11) is 0. The van der Waals surface area contributed by atoms with Crippen LogP contribution in [0.3, 0.4) is 0 Å². The molecule has 4 heteroatoms. The number of anilines is 1. The van der Waals surface area contributed by atoms with Gasteiger partial charge in [0, 0.05) is 11.3 Å². The van der Waals surface area contributed by atoms with Gasteiger partial charge in [0.2, 0.25) is 0 Å². The minimum absolute atomic E-state index is 0.0819. The monoisotopic (exact) mass is 275 g/mol. The molecule has 0 spiro atoms. The Bertz CT molecular complexity index is 542. The van der Waals surface area contributed by atoms with E-state index in [9.17, 15) is 9.50 Å². The van der Waals surface area contributed by atoms with E-state index in [2.05, 4.69) is 5.32 Å². The molecule has 0 saturated carbocycles. The highest BCUT2D eigenvalue weighted by molar-refractivity contribution is 5.48. The fraction of sp³-hybridized carbons (Fsp3) is 0.250. The first-order chi connectivity index (χ1) is 9.74. The van der Waals surface area contributed by atoms with Crippen LogP contribution in [-0.2, 0) is 0 Å². The van der Waals surface area contributed by atoms with Crippen molar-refractivity contribution < 1.29 is 14.2 Å². The maximum absolute atomic E-state index is 12.9. The van der Waals surface area contributed by atoms with E-state index in [4.69, 9.17) is 4.74 Å². The fourth-order valence-corrected chi connectivity index (χ4v) is 2.02. The first kappa shape index (κ1) is 14.3. The summed E-state index contributed by atoms with van der Waals surface area (Å²) in [4.78, 5) is 0. The van der Waals surface area contributed by atoms with Gasteiger partial charge in [-0.3, -0.25) is 0 Å². The van der Waals surface area contributed by atoms with Crippen molar-refractivity contribution in [1.29, 1.82) is 0 Å². The Morgan fingerprint density at radius 3 is 2.50 bits per heavy atom. The molecule has 0 fully saturated rings. The molecule has 0 aliphatic rings. The van der Waals surface area contributed by atoms with E-state index in [1.807, 2.05) is 31.2 Å². The van der Waals surface area contributed by atoms with Gasteiger partial charge in [-0.05, 0) is 37.3 Å². The Hall–Kier alpha value is -2.07. The first-order valence-electron chi connectivity index (χ1n) is 6.59. The zero-order valence-electron chi connectivity index (χ0n) is 11.3. The number of ether oxygens (including phenoxy) is 1. The Balaban J connectivity index is 2.21. The van der Waals surface area contributed by atoms with Crippen LogP contribution in [0.1, 0.15) is 18.5 Å². The van der Waals surface area contributed by atoms with Crippen molar-refractivity contribution in [2.45, 2.75) is 13.0 Å². The highest BCUT2D eigenvalue weighted by atomic mass is 19.1. The smallest absolute Gasteiger partial charge is 0.124 e. The van der Waals surface area contributed by atoms with Gasteiger partial charge >= 0.3 is 0 Å². The number of para-hydroxylation sites is 1. The Morgan fingerprint density at radius 2 is 1.85 bits per heavy atom. The van der Waals surface area contributed by atoms with Crippen molar-refractivity contribution in [1.82, 2.24) is 0 Å². The molecule has 2 rings (SSSR count). The summed E-state index contributed by atoms with van der Waals surface area (Å²) in [6, 6.07) is 13.3. The minimum Gasteiger partial charge on any atom is -0.494 e. The van der Waals surface area contributed by atoms with Crippen LogP contribution in [0.25, 0.3) is 0 Å². The van der Waals surface area contributed by atoms with Crippen molar-refractivity contribution in [2.24, 2.45) is 0 Å². The molecule has 2 aromatic carbocycles. The number of aliphatic hydroxyl groups is 1. The topological polar surface area (TPSA) is 41.5 Å². The lowest BCUT2D eigenvalue weighted by molar-refractivity contribution is 0.270. The lowest BCUT2D eigenvalue weighted by Gasteiger charge is -2.20. The van der Waals surface area contributed by atoms with Gasteiger partial charge in [-0.1, -0.05) is 18.2 Å². The van der Waals surface area contributed by atoms with Crippen molar-refractivity contribution in [2.75, 3.05) is 18.5 Å². The van der Waals surface area contributed by atoms with Crippen LogP contribution in [0.5, 0.6) is 5.75 Å². The number of benzene rings is 2. The third kappa shape index (κ3) is 3.48. The maximum atomic E-state index is 12.9. The summed E-state index contributed by atoms with van der Waals surface area (Å²) in [5.41, 5.74) is 1.62. The van der Waals surface area contributed by atoms with E-state index >= 15 is 0 Å². The van der Waals surface area contributed by atoms with Crippen molar-refractivity contribution in [3.05, 3.63) is 59.9 Å². The molecule has 2 aromatic rings. The van der Waals surface area contributed by atoms with Crippen LogP contribution in [0.4, 0.5) is 10.1 Å². The highest BCUT2D eigenvalue weighted by Gasteiger charge is 2.15. The van der Waals surface area contributed by atoms with Crippen molar-refractivity contribution in [3.8, 4) is 5.75 Å². The molecular formula is C16H18FNO2. The van der Waals surface area contributed by atoms with E-state index in [1.54, 1.807) is 12.1 Å². The molecule has 2 N–H and O–H groups in total. The van der Waals surface area contributed by atoms with Gasteiger partial charge in [-0.2, -0.15) is 0 Å². The Morgan fingerprint density at radius 1 is 1.15 bits per heavy atom. The summed E-state index contributed by atoms with van der Waals surface area (Å²) in [6.07, 6.45) is 0. The van der Waals surface area contributed by atoms with Crippen LogP contribution in [0.15, 0.2) is 48.5 Å². The standard InChI is InChI=1S/C16H18FNO2/c1-2-20-16-6-4-3-5-14(16)15(11-19)18-13-9-7-12(17)8-10-13/h3-10,15,18-19H,2,11H2,1H3. The predicted octanol–water partition coefficient (Wildman–Crippen LogP) is 3.37. The molecule has 0 heterocycles. The van der Waals surface area contributed by atoms with E-state index < -0.39 is 0 Å². The summed E-state index contributed by atoms with van der Waals surface area (Å²) in [5.74, 6) is 0.453. The van der Waals surface area contributed by atoms with Crippen molar-refractivity contribution >= 4 is 5.69 Å². The van der Waals surface area contributed by atoms with Crippen LogP contribution >= 0.6 is 0 Å². The minimum atomic E-state index is -0.303. The zero-order chi connectivity index (χ0) is 14.4. The van der Waals surface area contributed by atoms with Crippen LogP contribution in [0, 0.1) is 5.82 Å². The number of halogens is 1. The molecule has 1 atom stereocenters. The quantitative estimate of drug-likeness (QED) is 0.849. The van der Waals surface area contributed by atoms with Crippen LogP contribution < -0.4 is 10.1 Å². The summed E-state index contributed by atoms with van der Waals surface area (Å²) in [6.45, 7) is 2.39. The van der Waals surface area contributed by atoms with E-state index in [0.29, 0.717) is 6.61 Å². The van der Waals surface area contributed by atoms with Gasteiger partial charge in [0.05, 0.1) is 19.3 Å². The normalized spacial score (nSPS) is 11.9. The Labute approximate surface area is 118 Å². The predicted molar refractivity (Wildman–Crippen MR) is 77.5 cm³/mol. The summed E-state index contributed by atoms with van der Waals surface area (Å²) in [5, 5.41) is 12.8. The molecule has 0 radical (unpaired) electrons. The second-order valence-electron chi connectivity index (χ2n) is 4.36. The van der Waals surface area contributed by atoms with E-state index in [-0.39, 0.29) is 18.5 Å². The fourth-order valence-electron chi connectivity index (χ4n) is 2.02. The molecule has 0 aliphatic heterocycles. The average molecular weight is 275 g/mol. The van der Waals surface area contributed by atoms with Crippen molar-refractivity contribution in [3.63, 3.8) is 0 Å². The molecular weight excluding hydrogens is 257 g/mol. The molecule has 20 heavy (non-hydrogen) atoms. The third-order valence-corrected chi connectivity index (χ3v) is 2.96. The van der Waals surface area contributed by atoms with Gasteiger partial charge in [-0.25, -0.2) is 4.39 Å². The first-order valence-corrected chi connectivity index (χ1v) is 6.59. The number of hydrogen-bond acceptors (Lipinski definition) is 3. The number of aliphatic hydroxyl groups excluding tert-OH is 1. The molecule has 106 valence electrons. The number of nitrogens with one attached hydrogen (secondary N) is 1. The summed E-state index contributed by atoms with van der Waals surface area (Å²) < 4.78 is 18.5. The van der Waals surface area contributed by atoms with E-state index in [1.165, 1.54) is 12.1 Å². The van der Waals surface area contributed by atoms with E-state index in [0.717, 1.165) is 17.0 Å². The molecule has 0 bridgehead atoms. The van der Waals surface area contributed by atoms with Crippen LogP contribution in [0.2, 0.25) is 0 Å². The number of hydrogen-bond donors (Lipinski definition) is 2. The molecule has 3 nitrogen and oxygen atoms in total. The number of rotatable bonds is 6. The van der Waals surface area contributed by atoms with Gasteiger partial charge in [-0.15, -0.1) is 0 Å². The Kier molecular flexibility index (Phi) is 4.96. The average Bonchev–Trinajstić information content (AvgIpc) is 2.48. The maximum Gasteiger partial charge on any atom is 0.124 e. The largest absolute Gasteiger partial charge is 0.494 e. The molecule has 1 unspecified atom stereocenters. The second kappa shape index (κ2) is 6.91. The lowest BCUT2D eigenvalue weighted by atomic mass is 10.1. The zero-order valence-corrected chi connectivity index (χ0v) is 11.3. The van der Waals surface area contributed by atoms with Gasteiger partial charge in [0.25, 0.3) is 0 Å². The SMILES string of the molecule is CCOc1ccccc1C(CO)Nc1ccc(F)cc1. The molecule has 0 amide bonds. The molecule has 0 aliphatic carbocycles. The second-order valence-corrected chi connectivity index (χ2v) is 4.36. The van der Waals surface area contributed by atoms with Crippen LogP contribution in [-0.4, -0.2) is 18.3 Å². The molecule has 0 saturated heterocycles. The highest BCUT2D eigenvalue weighted by Crippen LogP contribution is 2.27. The van der Waals surface area contributed by atoms with Gasteiger partial charge in [0.1, 0.15) is 11.6 Å².